The third kappa shape index (κ3) is 4.32. The topological polar surface area (TPSA) is 64.4 Å². The molecule has 1 amide bonds. The number of halogens is 2. The zero-order valence-electron chi connectivity index (χ0n) is 15.9. The number of nitrogens with zero attached hydrogens (tertiary/aromatic N) is 1. The maximum Gasteiger partial charge on any atom is 0.248 e. The van der Waals surface area contributed by atoms with Gasteiger partial charge in [0.15, 0.2) is 5.58 Å². The van der Waals surface area contributed by atoms with E-state index in [1.807, 2.05) is 36.4 Å². The van der Waals surface area contributed by atoms with Gasteiger partial charge in [-0.3, -0.25) is 4.79 Å². The van der Waals surface area contributed by atoms with E-state index in [0.29, 0.717) is 38.5 Å². The average Bonchev–Trinajstić information content (AvgIpc) is 3.16. The Bertz CT molecular complexity index is 1230. The Balaban J connectivity index is 1.53. The quantitative estimate of drug-likeness (QED) is 0.363. The maximum absolute atomic E-state index is 12.4. The minimum atomic E-state index is -0.317. The Labute approximate surface area is 182 Å². The van der Waals surface area contributed by atoms with Crippen molar-refractivity contribution in [3.63, 3.8) is 0 Å². The first-order chi connectivity index (χ1) is 14.5. The Morgan fingerprint density at radius 2 is 1.93 bits per heavy atom. The average molecular weight is 439 g/mol. The number of carbonyl (C=O) groups excluding carboxylic acids is 1. The lowest BCUT2D eigenvalue weighted by atomic mass is 10.1. The van der Waals surface area contributed by atoms with Crippen molar-refractivity contribution < 1.29 is 13.9 Å². The summed E-state index contributed by atoms with van der Waals surface area (Å²) in [5.74, 6) is 0.618. The summed E-state index contributed by atoms with van der Waals surface area (Å²) in [5, 5.41) is 3.64. The minimum Gasteiger partial charge on any atom is -0.495 e. The third-order valence-electron chi connectivity index (χ3n) is 4.33. The molecule has 4 aromatic rings. The van der Waals surface area contributed by atoms with Crippen molar-refractivity contribution in [3.05, 3.63) is 82.3 Å². The molecule has 0 spiro atoms. The fourth-order valence-electron chi connectivity index (χ4n) is 2.99. The molecule has 1 N–H and O–H groups in total. The van der Waals surface area contributed by atoms with E-state index in [2.05, 4.69) is 10.3 Å². The van der Waals surface area contributed by atoms with Crippen LogP contribution in [0.2, 0.25) is 10.0 Å². The molecule has 0 aliphatic carbocycles. The number of methoxy groups -OCH3 is 1. The second-order valence-electron chi connectivity index (χ2n) is 6.40. The number of ether oxygens (including phenoxy) is 1. The molecule has 0 aliphatic rings. The molecular weight excluding hydrogens is 423 g/mol. The van der Waals surface area contributed by atoms with Gasteiger partial charge in [0.2, 0.25) is 11.8 Å². The number of carbonyl (C=O) groups is 1. The normalized spacial score (nSPS) is 11.2. The van der Waals surface area contributed by atoms with Gasteiger partial charge in [0.05, 0.1) is 12.1 Å². The van der Waals surface area contributed by atoms with Crippen LogP contribution in [-0.2, 0) is 4.79 Å². The van der Waals surface area contributed by atoms with Crippen molar-refractivity contribution in [2.75, 3.05) is 12.4 Å². The monoisotopic (exact) mass is 438 g/mol. The van der Waals surface area contributed by atoms with Gasteiger partial charge in [-0.2, -0.15) is 0 Å². The largest absolute Gasteiger partial charge is 0.495 e. The summed E-state index contributed by atoms with van der Waals surface area (Å²) < 4.78 is 11.1. The SMILES string of the molecule is COc1c(Cl)cc(Cl)cc1/C=C/C(=O)Nc1cccc(-c2nc3ccccc3o2)c1. The van der Waals surface area contributed by atoms with E-state index in [9.17, 15) is 4.79 Å². The van der Waals surface area contributed by atoms with Gasteiger partial charge in [0.1, 0.15) is 11.3 Å². The predicted octanol–water partition coefficient (Wildman–Crippen LogP) is 6.46. The van der Waals surface area contributed by atoms with Crippen molar-refractivity contribution >= 4 is 52.0 Å². The first kappa shape index (κ1) is 20.0. The van der Waals surface area contributed by atoms with Crippen molar-refractivity contribution in [3.8, 4) is 17.2 Å². The van der Waals surface area contributed by atoms with Gasteiger partial charge in [-0.25, -0.2) is 4.98 Å². The number of amides is 1. The zero-order chi connectivity index (χ0) is 21.1. The molecule has 5 nitrogen and oxygen atoms in total. The van der Waals surface area contributed by atoms with Crippen LogP contribution in [0.15, 0.2) is 71.2 Å². The first-order valence-corrected chi connectivity index (χ1v) is 9.77. The van der Waals surface area contributed by atoms with Crippen LogP contribution in [0.3, 0.4) is 0 Å². The summed E-state index contributed by atoms with van der Waals surface area (Å²) >= 11 is 12.2. The van der Waals surface area contributed by atoms with Crippen LogP contribution >= 0.6 is 23.2 Å². The number of aromatic nitrogens is 1. The number of rotatable bonds is 5. The van der Waals surface area contributed by atoms with Crippen molar-refractivity contribution in [1.29, 1.82) is 0 Å². The van der Waals surface area contributed by atoms with Gasteiger partial charge in [0.25, 0.3) is 0 Å². The molecule has 0 bridgehead atoms. The number of hydrogen-bond donors (Lipinski definition) is 1. The Morgan fingerprint density at radius 1 is 1.10 bits per heavy atom. The lowest BCUT2D eigenvalue weighted by Crippen LogP contribution is -2.07. The molecule has 0 radical (unpaired) electrons. The van der Waals surface area contributed by atoms with Gasteiger partial charge in [-0.1, -0.05) is 41.4 Å². The molecule has 0 fully saturated rings. The minimum absolute atomic E-state index is 0.317. The fourth-order valence-corrected chi connectivity index (χ4v) is 3.58. The summed E-state index contributed by atoms with van der Waals surface area (Å²) in [6.07, 6.45) is 2.98. The Kier molecular flexibility index (Phi) is 5.74. The van der Waals surface area contributed by atoms with E-state index >= 15 is 0 Å². The number of hydrogen-bond acceptors (Lipinski definition) is 4. The summed E-state index contributed by atoms with van der Waals surface area (Å²) in [5.41, 5.74) is 3.46. The summed E-state index contributed by atoms with van der Waals surface area (Å²) in [4.78, 5) is 16.9. The van der Waals surface area contributed by atoms with E-state index < -0.39 is 0 Å². The molecule has 0 unspecified atom stereocenters. The van der Waals surface area contributed by atoms with Gasteiger partial charge >= 0.3 is 0 Å². The molecule has 150 valence electrons. The molecule has 3 aromatic carbocycles. The molecule has 0 saturated carbocycles. The smallest absolute Gasteiger partial charge is 0.248 e. The van der Waals surface area contributed by atoms with Crippen LogP contribution < -0.4 is 10.1 Å². The van der Waals surface area contributed by atoms with Crippen molar-refractivity contribution in [2.24, 2.45) is 0 Å². The number of oxazole rings is 1. The fraction of sp³-hybridized carbons (Fsp3) is 0.0435. The predicted molar refractivity (Wildman–Crippen MR) is 120 cm³/mol. The number of anilines is 1. The number of nitrogens with one attached hydrogen (secondary N) is 1. The number of fused-ring (bicyclic) bond motifs is 1. The highest BCUT2D eigenvalue weighted by Crippen LogP contribution is 2.33. The second-order valence-corrected chi connectivity index (χ2v) is 7.24. The Hall–Kier alpha value is -3.28. The molecule has 4 rings (SSSR count). The number of para-hydroxylation sites is 2. The summed E-state index contributed by atoms with van der Waals surface area (Å²) in [6.45, 7) is 0. The van der Waals surface area contributed by atoms with E-state index in [-0.39, 0.29) is 5.91 Å². The highest BCUT2D eigenvalue weighted by Gasteiger charge is 2.10. The molecule has 7 heteroatoms. The zero-order valence-corrected chi connectivity index (χ0v) is 17.4. The lowest BCUT2D eigenvalue weighted by molar-refractivity contribution is -0.111. The highest BCUT2D eigenvalue weighted by molar-refractivity contribution is 6.36. The molecule has 0 atom stereocenters. The van der Waals surface area contributed by atoms with Crippen LogP contribution in [0.4, 0.5) is 5.69 Å². The lowest BCUT2D eigenvalue weighted by Gasteiger charge is -2.08. The van der Waals surface area contributed by atoms with E-state index in [1.165, 1.54) is 13.2 Å². The highest BCUT2D eigenvalue weighted by atomic mass is 35.5. The van der Waals surface area contributed by atoms with E-state index in [1.54, 1.807) is 30.3 Å². The van der Waals surface area contributed by atoms with Gasteiger partial charge < -0.3 is 14.5 Å². The van der Waals surface area contributed by atoms with E-state index in [0.717, 1.165) is 11.1 Å². The molecular formula is C23H16Cl2N2O3. The molecule has 1 heterocycles. The first-order valence-electron chi connectivity index (χ1n) is 9.01. The van der Waals surface area contributed by atoms with Crippen molar-refractivity contribution in [2.45, 2.75) is 0 Å². The van der Waals surface area contributed by atoms with Crippen LogP contribution in [-0.4, -0.2) is 18.0 Å². The summed E-state index contributed by atoms with van der Waals surface area (Å²) in [6, 6.07) is 18.1. The van der Waals surface area contributed by atoms with Crippen molar-refractivity contribution in [1.82, 2.24) is 4.98 Å². The van der Waals surface area contributed by atoms with Crippen LogP contribution in [0.5, 0.6) is 5.75 Å². The van der Waals surface area contributed by atoms with Gasteiger partial charge in [0, 0.05) is 27.9 Å². The molecule has 30 heavy (non-hydrogen) atoms. The maximum atomic E-state index is 12.4. The van der Waals surface area contributed by atoms with Gasteiger partial charge in [-0.05, 0) is 48.5 Å². The van der Waals surface area contributed by atoms with Crippen LogP contribution in [0.1, 0.15) is 5.56 Å². The standard InChI is InChI=1S/C23H16Cl2N2O3/c1-29-22-14(11-16(24)13-18(22)25)9-10-21(28)26-17-6-4-5-15(12-17)23-27-19-7-2-3-8-20(19)30-23/h2-13H,1H3,(H,26,28)/b10-9+. The third-order valence-corrected chi connectivity index (χ3v) is 4.83. The van der Waals surface area contributed by atoms with Crippen LogP contribution in [0.25, 0.3) is 28.6 Å². The molecule has 0 saturated heterocycles. The second kappa shape index (κ2) is 8.61. The summed E-state index contributed by atoms with van der Waals surface area (Å²) in [7, 11) is 1.50. The Morgan fingerprint density at radius 3 is 2.73 bits per heavy atom. The van der Waals surface area contributed by atoms with Gasteiger partial charge in [-0.15, -0.1) is 0 Å². The van der Waals surface area contributed by atoms with Crippen LogP contribution in [0, 0.1) is 0 Å². The van der Waals surface area contributed by atoms with E-state index in [4.69, 9.17) is 32.4 Å². The molecule has 0 aliphatic heterocycles. The number of benzene rings is 3. The molecule has 1 aromatic heterocycles.